The molecule has 1 aromatic rings. The zero-order valence-corrected chi connectivity index (χ0v) is 9.21. The van der Waals surface area contributed by atoms with Gasteiger partial charge in [-0.2, -0.15) is 4.99 Å². The molecule has 0 atom stereocenters. The van der Waals surface area contributed by atoms with Crippen LogP contribution in [0, 0.1) is 0 Å². The van der Waals surface area contributed by atoms with E-state index in [4.69, 9.17) is 4.74 Å². The van der Waals surface area contributed by atoms with E-state index >= 15 is 0 Å². The highest BCUT2D eigenvalue weighted by molar-refractivity contribution is 7.78. The monoisotopic (exact) mass is 221 g/mol. The van der Waals surface area contributed by atoms with E-state index in [0.717, 1.165) is 11.3 Å². The fraction of sp³-hybridized carbons (Fsp3) is 0.273. The molecule has 0 aromatic heterocycles. The number of carbonyl (C=O) groups excluding carboxylic acids is 1. The molecule has 3 nitrogen and oxygen atoms in total. The van der Waals surface area contributed by atoms with Crippen molar-refractivity contribution in [2.45, 2.75) is 12.8 Å². The molecule has 0 saturated carbocycles. The van der Waals surface area contributed by atoms with Crippen LogP contribution in [0.5, 0.6) is 5.75 Å². The van der Waals surface area contributed by atoms with Gasteiger partial charge in [-0.1, -0.05) is 18.2 Å². The van der Waals surface area contributed by atoms with Crippen LogP contribution < -0.4 is 4.74 Å². The first-order valence-electron chi connectivity index (χ1n) is 4.50. The first-order chi connectivity index (χ1) is 7.27. The molecule has 0 radical (unpaired) electrons. The molecular weight excluding hydrogens is 210 g/mol. The molecule has 0 heterocycles. The second-order valence-electron chi connectivity index (χ2n) is 2.91. The quantitative estimate of drug-likeness (QED) is 0.578. The minimum Gasteiger partial charge on any atom is -0.496 e. The van der Waals surface area contributed by atoms with Crippen LogP contribution in [-0.2, 0) is 11.2 Å². The molecule has 0 bridgehead atoms. The Morgan fingerprint density at radius 2 is 2.27 bits per heavy atom. The van der Waals surface area contributed by atoms with Gasteiger partial charge in [-0.05, 0) is 30.3 Å². The Hall–Kier alpha value is -1.51. The van der Waals surface area contributed by atoms with Crippen LogP contribution in [0.15, 0.2) is 29.3 Å². The average Bonchev–Trinajstić information content (AvgIpc) is 2.27. The zero-order valence-electron chi connectivity index (χ0n) is 8.40. The highest BCUT2D eigenvalue weighted by Crippen LogP contribution is 2.18. The number of thiocarbonyl (C=S) groups is 1. The molecule has 1 rings (SSSR count). The standard InChI is InChI=1S/C11H11NO2S/c1-14-10-5-3-2-4-9(10)6-7-11(13)12-8-15/h2-5H,6-7H2,1H3. The Kier molecular flexibility index (Phi) is 4.68. The summed E-state index contributed by atoms with van der Waals surface area (Å²) in [5.74, 6) is 0.535. The van der Waals surface area contributed by atoms with Gasteiger partial charge in [0, 0.05) is 6.42 Å². The smallest absolute Gasteiger partial charge is 0.254 e. The molecule has 0 saturated heterocycles. The molecule has 1 aromatic carbocycles. The molecular formula is C11H11NO2S. The molecule has 0 unspecified atom stereocenters. The van der Waals surface area contributed by atoms with Gasteiger partial charge in [0.15, 0.2) is 0 Å². The lowest BCUT2D eigenvalue weighted by Gasteiger charge is -2.05. The van der Waals surface area contributed by atoms with Crippen molar-refractivity contribution in [3.63, 3.8) is 0 Å². The zero-order chi connectivity index (χ0) is 11.1. The van der Waals surface area contributed by atoms with Crippen molar-refractivity contribution in [1.29, 1.82) is 0 Å². The highest BCUT2D eigenvalue weighted by atomic mass is 32.1. The summed E-state index contributed by atoms with van der Waals surface area (Å²) in [4.78, 5) is 14.5. The molecule has 0 fully saturated rings. The number of nitrogens with zero attached hydrogens (tertiary/aromatic N) is 1. The lowest BCUT2D eigenvalue weighted by molar-refractivity contribution is -0.117. The first kappa shape index (κ1) is 11.6. The van der Waals surface area contributed by atoms with E-state index in [0.29, 0.717) is 12.8 Å². The third-order valence-corrected chi connectivity index (χ3v) is 2.06. The number of methoxy groups -OCH3 is 1. The fourth-order valence-electron chi connectivity index (χ4n) is 1.26. The van der Waals surface area contributed by atoms with Crippen LogP contribution in [0.3, 0.4) is 0 Å². The normalized spacial score (nSPS) is 9.13. The number of aryl methyl sites for hydroxylation is 1. The molecule has 15 heavy (non-hydrogen) atoms. The number of ether oxygens (including phenoxy) is 1. The van der Waals surface area contributed by atoms with Crippen molar-refractivity contribution in [3.8, 4) is 5.75 Å². The lowest BCUT2D eigenvalue weighted by Crippen LogP contribution is -1.98. The van der Waals surface area contributed by atoms with Crippen molar-refractivity contribution in [1.82, 2.24) is 0 Å². The maximum Gasteiger partial charge on any atom is 0.254 e. The van der Waals surface area contributed by atoms with Crippen molar-refractivity contribution in [2.24, 2.45) is 4.99 Å². The number of rotatable bonds is 4. The number of aliphatic imine (C=N–C) groups is 1. The van der Waals surface area contributed by atoms with Crippen molar-refractivity contribution >= 4 is 23.3 Å². The summed E-state index contributed by atoms with van der Waals surface area (Å²) < 4.78 is 5.16. The topological polar surface area (TPSA) is 38.7 Å². The highest BCUT2D eigenvalue weighted by Gasteiger charge is 2.04. The van der Waals surface area contributed by atoms with Gasteiger partial charge >= 0.3 is 0 Å². The molecule has 4 heteroatoms. The van der Waals surface area contributed by atoms with Crippen LogP contribution in [-0.4, -0.2) is 18.2 Å². The summed E-state index contributed by atoms with van der Waals surface area (Å²) in [6, 6.07) is 7.58. The number of benzene rings is 1. The molecule has 0 aliphatic heterocycles. The van der Waals surface area contributed by atoms with E-state index in [1.807, 2.05) is 24.3 Å². The van der Waals surface area contributed by atoms with Gasteiger partial charge in [-0.3, -0.25) is 4.79 Å². The minimum atomic E-state index is -0.254. The van der Waals surface area contributed by atoms with Gasteiger partial charge in [-0.15, -0.1) is 0 Å². The van der Waals surface area contributed by atoms with Crippen LogP contribution in [0.1, 0.15) is 12.0 Å². The van der Waals surface area contributed by atoms with E-state index in [2.05, 4.69) is 22.4 Å². The third-order valence-electron chi connectivity index (χ3n) is 1.97. The van der Waals surface area contributed by atoms with E-state index in [1.54, 1.807) is 7.11 Å². The molecule has 0 aliphatic rings. The Bertz CT molecular complexity index is 397. The first-order valence-corrected chi connectivity index (χ1v) is 4.91. The number of carbonyl (C=O) groups is 1. The van der Waals surface area contributed by atoms with E-state index in [9.17, 15) is 4.79 Å². The number of para-hydroxylation sites is 1. The SMILES string of the molecule is COc1ccccc1CCC(=O)N=C=S. The van der Waals surface area contributed by atoms with Crippen molar-refractivity contribution in [3.05, 3.63) is 29.8 Å². The van der Waals surface area contributed by atoms with Gasteiger partial charge in [0.25, 0.3) is 5.91 Å². The lowest BCUT2D eigenvalue weighted by atomic mass is 10.1. The van der Waals surface area contributed by atoms with E-state index in [-0.39, 0.29) is 5.91 Å². The number of isothiocyanates is 1. The Balaban J connectivity index is 2.64. The van der Waals surface area contributed by atoms with Crippen LogP contribution >= 0.6 is 12.2 Å². The summed E-state index contributed by atoms with van der Waals surface area (Å²) >= 11 is 4.35. The summed E-state index contributed by atoms with van der Waals surface area (Å²) in [7, 11) is 1.61. The second kappa shape index (κ2) is 6.06. The maximum atomic E-state index is 11.1. The molecule has 78 valence electrons. The van der Waals surface area contributed by atoms with Crippen LogP contribution in [0.4, 0.5) is 0 Å². The van der Waals surface area contributed by atoms with Gasteiger partial charge in [0.05, 0.1) is 12.3 Å². The Labute approximate surface area is 93.8 Å². The van der Waals surface area contributed by atoms with E-state index in [1.165, 1.54) is 0 Å². The summed E-state index contributed by atoms with van der Waals surface area (Å²) in [6.07, 6.45) is 0.924. The van der Waals surface area contributed by atoms with Crippen molar-refractivity contribution < 1.29 is 9.53 Å². The molecule has 0 N–H and O–H groups in total. The largest absolute Gasteiger partial charge is 0.496 e. The Morgan fingerprint density at radius 3 is 2.93 bits per heavy atom. The summed E-state index contributed by atoms with van der Waals surface area (Å²) in [6.45, 7) is 0. The van der Waals surface area contributed by atoms with Gasteiger partial charge in [-0.25, -0.2) is 0 Å². The van der Waals surface area contributed by atoms with Crippen molar-refractivity contribution in [2.75, 3.05) is 7.11 Å². The maximum absolute atomic E-state index is 11.1. The number of hydrogen-bond acceptors (Lipinski definition) is 3. The summed E-state index contributed by atoms with van der Waals surface area (Å²) in [5, 5.41) is 2.06. The number of hydrogen-bond donors (Lipinski definition) is 0. The molecule has 0 aliphatic carbocycles. The predicted octanol–water partition coefficient (Wildman–Crippen LogP) is 2.26. The second-order valence-corrected chi connectivity index (χ2v) is 3.09. The van der Waals surface area contributed by atoms with E-state index < -0.39 is 0 Å². The van der Waals surface area contributed by atoms with Gasteiger partial charge in [0.1, 0.15) is 5.75 Å². The van der Waals surface area contributed by atoms with Gasteiger partial charge < -0.3 is 4.74 Å². The number of amides is 1. The Morgan fingerprint density at radius 1 is 1.53 bits per heavy atom. The van der Waals surface area contributed by atoms with Crippen LogP contribution in [0.25, 0.3) is 0 Å². The third kappa shape index (κ3) is 3.62. The van der Waals surface area contributed by atoms with Gasteiger partial charge in [0.2, 0.25) is 0 Å². The fourth-order valence-corrected chi connectivity index (χ4v) is 1.36. The average molecular weight is 221 g/mol. The summed E-state index contributed by atoms with van der Waals surface area (Å²) in [5.41, 5.74) is 0.993. The molecule has 0 spiro atoms. The minimum absolute atomic E-state index is 0.254. The van der Waals surface area contributed by atoms with Crippen LogP contribution in [0.2, 0.25) is 0 Å². The predicted molar refractivity (Wildman–Crippen MR) is 61.3 cm³/mol. The molecule has 1 amide bonds.